The first kappa shape index (κ1) is 15.3. The van der Waals surface area contributed by atoms with Crippen LogP contribution in [0.25, 0.3) is 0 Å². The highest BCUT2D eigenvalue weighted by Crippen LogP contribution is 2.16. The molecule has 3 N–H and O–H groups in total. The fourth-order valence-corrected chi connectivity index (χ4v) is 2.11. The SMILES string of the molecule is CC(C)c1ccc(NC(=O)C[NH2+][C@H](C)c2ccco2)cc1. The molecule has 2 rings (SSSR count). The summed E-state index contributed by atoms with van der Waals surface area (Å²) in [5, 5.41) is 4.86. The van der Waals surface area contributed by atoms with Gasteiger partial charge in [0.2, 0.25) is 0 Å². The first-order chi connectivity index (χ1) is 10.1. The van der Waals surface area contributed by atoms with Crippen molar-refractivity contribution < 1.29 is 14.5 Å². The number of quaternary nitrogens is 1. The van der Waals surface area contributed by atoms with E-state index < -0.39 is 0 Å². The van der Waals surface area contributed by atoms with E-state index in [0.717, 1.165) is 11.4 Å². The summed E-state index contributed by atoms with van der Waals surface area (Å²) < 4.78 is 5.32. The second kappa shape index (κ2) is 7.09. The molecule has 0 unspecified atom stereocenters. The third-order valence-corrected chi connectivity index (χ3v) is 3.51. The number of hydrogen-bond acceptors (Lipinski definition) is 2. The number of rotatable bonds is 6. The van der Waals surface area contributed by atoms with Gasteiger partial charge in [0.25, 0.3) is 5.91 Å². The fraction of sp³-hybridized carbons (Fsp3) is 0.353. The molecule has 1 aromatic heterocycles. The monoisotopic (exact) mass is 287 g/mol. The lowest BCUT2D eigenvalue weighted by atomic mass is 10.0. The van der Waals surface area contributed by atoms with Gasteiger partial charge in [-0.2, -0.15) is 0 Å². The molecule has 0 saturated carbocycles. The largest absolute Gasteiger partial charge is 0.463 e. The van der Waals surface area contributed by atoms with Crippen LogP contribution in [0.4, 0.5) is 5.69 Å². The summed E-state index contributed by atoms with van der Waals surface area (Å²) >= 11 is 0. The Morgan fingerprint density at radius 2 is 1.90 bits per heavy atom. The molecule has 4 nitrogen and oxygen atoms in total. The number of benzene rings is 1. The highest BCUT2D eigenvalue weighted by Gasteiger charge is 2.13. The Bertz CT molecular complexity index is 559. The molecule has 21 heavy (non-hydrogen) atoms. The first-order valence-electron chi connectivity index (χ1n) is 7.33. The first-order valence-corrected chi connectivity index (χ1v) is 7.33. The number of nitrogens with two attached hydrogens (primary N) is 1. The maximum atomic E-state index is 11.9. The smallest absolute Gasteiger partial charge is 0.279 e. The lowest BCUT2D eigenvalue weighted by Gasteiger charge is -2.10. The van der Waals surface area contributed by atoms with Crippen molar-refractivity contribution in [3.63, 3.8) is 0 Å². The molecular weight excluding hydrogens is 264 g/mol. The summed E-state index contributed by atoms with van der Waals surface area (Å²) in [6.45, 7) is 6.69. The Labute approximate surface area is 125 Å². The van der Waals surface area contributed by atoms with Crippen molar-refractivity contribution in [2.24, 2.45) is 0 Å². The van der Waals surface area contributed by atoms with Crippen LogP contribution in [0.2, 0.25) is 0 Å². The number of furan rings is 1. The Morgan fingerprint density at radius 1 is 1.19 bits per heavy atom. The van der Waals surface area contributed by atoms with Crippen LogP contribution in [-0.2, 0) is 4.79 Å². The van der Waals surface area contributed by atoms with E-state index in [2.05, 4.69) is 31.3 Å². The molecule has 1 amide bonds. The molecule has 4 heteroatoms. The van der Waals surface area contributed by atoms with Gasteiger partial charge in [-0.05, 0) is 42.7 Å². The second-order valence-electron chi connectivity index (χ2n) is 5.57. The minimum Gasteiger partial charge on any atom is -0.463 e. The van der Waals surface area contributed by atoms with Crippen molar-refractivity contribution in [2.75, 3.05) is 11.9 Å². The van der Waals surface area contributed by atoms with Crippen LogP contribution in [0, 0.1) is 0 Å². The van der Waals surface area contributed by atoms with Crippen LogP contribution in [0.1, 0.15) is 44.1 Å². The van der Waals surface area contributed by atoms with Crippen LogP contribution in [0.3, 0.4) is 0 Å². The van der Waals surface area contributed by atoms with E-state index in [1.807, 2.05) is 36.5 Å². The maximum Gasteiger partial charge on any atom is 0.279 e. The molecule has 2 aromatic rings. The molecule has 0 aliphatic carbocycles. The van der Waals surface area contributed by atoms with E-state index in [4.69, 9.17) is 4.42 Å². The summed E-state index contributed by atoms with van der Waals surface area (Å²) in [4.78, 5) is 11.9. The van der Waals surface area contributed by atoms with Gasteiger partial charge < -0.3 is 15.1 Å². The predicted octanol–water partition coefficient (Wildman–Crippen LogP) is 2.67. The van der Waals surface area contributed by atoms with Gasteiger partial charge in [0.1, 0.15) is 6.04 Å². The maximum absolute atomic E-state index is 11.9. The molecule has 112 valence electrons. The van der Waals surface area contributed by atoms with Gasteiger partial charge in [-0.3, -0.25) is 4.79 Å². The van der Waals surface area contributed by atoms with E-state index in [1.54, 1.807) is 6.26 Å². The number of anilines is 1. The predicted molar refractivity (Wildman–Crippen MR) is 83.1 cm³/mol. The normalized spacial score (nSPS) is 12.4. The molecule has 0 fully saturated rings. The number of hydrogen-bond donors (Lipinski definition) is 2. The van der Waals surface area contributed by atoms with Crippen LogP contribution in [0.5, 0.6) is 0 Å². The molecule has 0 aliphatic heterocycles. The van der Waals surface area contributed by atoms with Crippen LogP contribution in [0.15, 0.2) is 47.1 Å². The number of carbonyl (C=O) groups is 1. The molecule has 0 aliphatic rings. The Morgan fingerprint density at radius 3 is 2.48 bits per heavy atom. The minimum atomic E-state index is -0.00861. The molecule has 0 radical (unpaired) electrons. The third-order valence-electron chi connectivity index (χ3n) is 3.51. The Hall–Kier alpha value is -2.07. The molecule has 1 heterocycles. The Balaban J connectivity index is 1.81. The van der Waals surface area contributed by atoms with Gasteiger partial charge in [-0.25, -0.2) is 0 Å². The van der Waals surface area contributed by atoms with Crippen molar-refractivity contribution in [3.05, 3.63) is 54.0 Å². The standard InChI is InChI=1S/C17H22N2O2/c1-12(2)14-6-8-15(9-7-14)19-17(20)11-18-13(3)16-5-4-10-21-16/h4-10,12-13,18H,11H2,1-3H3,(H,19,20)/p+1/t13-/m1/s1. The van der Waals surface area contributed by atoms with E-state index in [0.29, 0.717) is 12.5 Å². The van der Waals surface area contributed by atoms with E-state index in [-0.39, 0.29) is 11.9 Å². The highest BCUT2D eigenvalue weighted by atomic mass is 16.3. The number of amides is 1. The number of carbonyl (C=O) groups excluding carboxylic acids is 1. The van der Waals surface area contributed by atoms with E-state index in [9.17, 15) is 4.79 Å². The average molecular weight is 287 g/mol. The summed E-state index contributed by atoms with van der Waals surface area (Å²) in [6.07, 6.45) is 1.65. The van der Waals surface area contributed by atoms with Crippen LogP contribution >= 0.6 is 0 Å². The fourth-order valence-electron chi connectivity index (χ4n) is 2.11. The van der Waals surface area contributed by atoms with Gasteiger partial charge >= 0.3 is 0 Å². The van der Waals surface area contributed by atoms with Crippen LogP contribution in [-0.4, -0.2) is 12.5 Å². The zero-order valence-electron chi connectivity index (χ0n) is 12.8. The van der Waals surface area contributed by atoms with Gasteiger partial charge in [0, 0.05) is 5.69 Å². The van der Waals surface area contributed by atoms with Crippen molar-refractivity contribution in [2.45, 2.75) is 32.7 Å². The van der Waals surface area contributed by atoms with Crippen molar-refractivity contribution in [1.29, 1.82) is 0 Å². The quantitative estimate of drug-likeness (QED) is 0.858. The molecule has 0 saturated heterocycles. The molecule has 0 spiro atoms. The van der Waals surface area contributed by atoms with Crippen LogP contribution < -0.4 is 10.6 Å². The van der Waals surface area contributed by atoms with Gasteiger partial charge in [0.15, 0.2) is 12.3 Å². The molecule has 0 bridgehead atoms. The second-order valence-corrected chi connectivity index (χ2v) is 5.57. The molecular formula is C17H23N2O2+. The third kappa shape index (κ3) is 4.46. The lowest BCUT2D eigenvalue weighted by Crippen LogP contribution is -2.86. The van der Waals surface area contributed by atoms with Crippen molar-refractivity contribution >= 4 is 11.6 Å². The minimum absolute atomic E-state index is 0.00861. The average Bonchev–Trinajstić information content (AvgIpc) is 2.99. The summed E-state index contributed by atoms with van der Waals surface area (Å²) in [7, 11) is 0. The van der Waals surface area contributed by atoms with Crippen molar-refractivity contribution in [3.8, 4) is 0 Å². The lowest BCUT2D eigenvalue weighted by molar-refractivity contribution is -0.684. The van der Waals surface area contributed by atoms with E-state index >= 15 is 0 Å². The zero-order chi connectivity index (χ0) is 15.2. The molecule has 1 atom stereocenters. The Kier molecular flexibility index (Phi) is 5.17. The summed E-state index contributed by atoms with van der Waals surface area (Å²) in [5.41, 5.74) is 2.11. The highest BCUT2D eigenvalue weighted by molar-refractivity contribution is 5.91. The van der Waals surface area contributed by atoms with Gasteiger partial charge in [-0.15, -0.1) is 0 Å². The molecule has 1 aromatic carbocycles. The summed E-state index contributed by atoms with van der Waals surface area (Å²) in [5.74, 6) is 1.37. The number of nitrogens with one attached hydrogen (secondary N) is 1. The van der Waals surface area contributed by atoms with Crippen molar-refractivity contribution in [1.82, 2.24) is 0 Å². The topological polar surface area (TPSA) is 58.9 Å². The zero-order valence-corrected chi connectivity index (χ0v) is 12.8. The van der Waals surface area contributed by atoms with Gasteiger partial charge in [0.05, 0.1) is 6.26 Å². The summed E-state index contributed by atoms with van der Waals surface area (Å²) in [6, 6.07) is 11.9. The van der Waals surface area contributed by atoms with Gasteiger partial charge in [-0.1, -0.05) is 26.0 Å². The van der Waals surface area contributed by atoms with E-state index in [1.165, 1.54) is 5.56 Å².